The van der Waals surface area contributed by atoms with Crippen LogP contribution in [0.5, 0.6) is 0 Å². The highest BCUT2D eigenvalue weighted by molar-refractivity contribution is 9.11. The van der Waals surface area contributed by atoms with Crippen molar-refractivity contribution in [3.8, 4) is 0 Å². The van der Waals surface area contributed by atoms with Crippen LogP contribution >= 0.6 is 15.9 Å². The molecule has 0 amide bonds. The fourth-order valence-electron chi connectivity index (χ4n) is 6.16. The van der Waals surface area contributed by atoms with Gasteiger partial charge in [0, 0.05) is 6.42 Å². The molecule has 0 bridgehead atoms. The zero-order valence-electron chi connectivity index (χ0n) is 18.4. The molecule has 3 rings (SSSR count). The Morgan fingerprint density at radius 1 is 1.36 bits per heavy atom. The van der Waals surface area contributed by atoms with Gasteiger partial charge in [0.1, 0.15) is 5.76 Å². The van der Waals surface area contributed by atoms with Gasteiger partial charge in [-0.15, -0.1) is 0 Å². The van der Waals surface area contributed by atoms with Gasteiger partial charge in [-0.3, -0.25) is 0 Å². The molecule has 0 aromatic rings. The van der Waals surface area contributed by atoms with Gasteiger partial charge < -0.3 is 9.16 Å². The topological polar surface area (TPSA) is 35.5 Å². The smallest absolute Gasteiger partial charge is 0.346 e. The highest BCUT2D eigenvalue weighted by atomic mass is 79.9. The maximum absolute atomic E-state index is 12.4. The molecule has 0 aromatic carbocycles. The van der Waals surface area contributed by atoms with E-state index < -0.39 is 13.9 Å². The average Bonchev–Trinajstić information content (AvgIpc) is 3.07. The van der Waals surface area contributed by atoms with Gasteiger partial charge in [-0.05, 0) is 99.3 Å². The second-order valence-corrected chi connectivity index (χ2v) is 15.5. The molecule has 1 heterocycles. The van der Waals surface area contributed by atoms with Crippen molar-refractivity contribution in [2.24, 2.45) is 23.2 Å². The first-order valence-corrected chi connectivity index (χ1v) is 15.2. The Morgan fingerprint density at radius 3 is 2.71 bits per heavy atom. The third-order valence-corrected chi connectivity index (χ3v) is 8.92. The molecule has 0 saturated heterocycles. The fraction of sp³-hybridized carbons (Fsp3) is 0.783. The van der Waals surface area contributed by atoms with Gasteiger partial charge in [-0.1, -0.05) is 35.4 Å². The standard InChI is InChI=1S/C23H37BrO3Si/c1-16(19-11-12-20-17(15-24)8-7-13-22(19,20)2)9-10-18-14-23(3,21(25)26-18)27-28(4,5)6/h14-16,19-20H,7-13H2,1-6H3/t16-,19-,20?,22+,23+/m1/s1. The summed E-state index contributed by atoms with van der Waals surface area (Å²) < 4.78 is 11.7. The summed E-state index contributed by atoms with van der Waals surface area (Å²) in [6, 6.07) is 0. The number of ether oxygens (including phenoxy) is 1. The van der Waals surface area contributed by atoms with Crippen molar-refractivity contribution in [3.63, 3.8) is 0 Å². The van der Waals surface area contributed by atoms with Crippen LogP contribution < -0.4 is 0 Å². The molecule has 1 aliphatic heterocycles. The summed E-state index contributed by atoms with van der Waals surface area (Å²) in [5.41, 5.74) is 1.15. The molecule has 0 radical (unpaired) electrons. The summed E-state index contributed by atoms with van der Waals surface area (Å²) in [5, 5.41) is 0. The lowest BCUT2D eigenvalue weighted by atomic mass is 9.61. The third-order valence-electron chi connectivity index (χ3n) is 7.29. The Morgan fingerprint density at radius 2 is 2.07 bits per heavy atom. The molecule has 158 valence electrons. The molecule has 0 N–H and O–H groups in total. The van der Waals surface area contributed by atoms with Crippen LogP contribution in [0.4, 0.5) is 0 Å². The van der Waals surface area contributed by atoms with Gasteiger partial charge in [0.15, 0.2) is 13.9 Å². The number of halogens is 1. The minimum atomic E-state index is -1.83. The van der Waals surface area contributed by atoms with Crippen molar-refractivity contribution in [2.75, 3.05) is 0 Å². The summed E-state index contributed by atoms with van der Waals surface area (Å²) in [4.78, 5) is 14.6. The number of carbonyl (C=O) groups excluding carboxylic acids is 1. The first-order valence-electron chi connectivity index (χ1n) is 10.9. The molecule has 2 aliphatic carbocycles. The van der Waals surface area contributed by atoms with E-state index in [0.29, 0.717) is 11.3 Å². The minimum absolute atomic E-state index is 0.246. The number of esters is 1. The number of cyclic esters (lactones) is 1. The van der Waals surface area contributed by atoms with Crippen molar-refractivity contribution in [1.29, 1.82) is 0 Å². The maximum atomic E-state index is 12.4. The number of fused-ring (bicyclic) bond motifs is 1. The van der Waals surface area contributed by atoms with Gasteiger partial charge in [0.2, 0.25) is 0 Å². The Balaban J connectivity index is 1.63. The largest absolute Gasteiger partial charge is 0.429 e. The number of carbonyl (C=O) groups is 1. The summed E-state index contributed by atoms with van der Waals surface area (Å²) in [5.74, 6) is 2.69. The monoisotopic (exact) mass is 468 g/mol. The first kappa shape index (κ1) is 22.3. The van der Waals surface area contributed by atoms with Crippen molar-refractivity contribution in [2.45, 2.75) is 91.0 Å². The molecule has 0 aromatic heterocycles. The van der Waals surface area contributed by atoms with Crippen LogP contribution in [0.15, 0.2) is 22.4 Å². The minimum Gasteiger partial charge on any atom is -0.429 e. The van der Waals surface area contributed by atoms with Crippen molar-refractivity contribution >= 4 is 30.2 Å². The number of hydrogen-bond donors (Lipinski definition) is 0. The van der Waals surface area contributed by atoms with E-state index in [1.807, 2.05) is 13.0 Å². The average molecular weight is 470 g/mol. The van der Waals surface area contributed by atoms with Gasteiger partial charge >= 0.3 is 5.97 Å². The van der Waals surface area contributed by atoms with E-state index in [2.05, 4.69) is 54.4 Å². The van der Waals surface area contributed by atoms with Crippen molar-refractivity contribution in [1.82, 2.24) is 0 Å². The van der Waals surface area contributed by atoms with Crippen LogP contribution in [0.25, 0.3) is 0 Å². The second-order valence-electron chi connectivity index (χ2n) is 10.6. The predicted molar refractivity (Wildman–Crippen MR) is 121 cm³/mol. The molecule has 3 aliphatic rings. The van der Waals surface area contributed by atoms with E-state index in [1.165, 1.54) is 32.1 Å². The SMILES string of the molecule is C[C@H](CCC1=C[C@](C)(O[Si](C)(C)C)C(=O)O1)[C@H]1CCC2C(=CBr)CCC[C@]21C. The van der Waals surface area contributed by atoms with E-state index in [0.717, 1.165) is 30.4 Å². The Hall–Kier alpha value is -0.393. The van der Waals surface area contributed by atoms with Gasteiger partial charge in [-0.2, -0.15) is 0 Å². The molecule has 28 heavy (non-hydrogen) atoms. The van der Waals surface area contributed by atoms with Gasteiger partial charge in [-0.25, -0.2) is 4.79 Å². The Labute approximate surface area is 180 Å². The van der Waals surface area contributed by atoms with E-state index in [9.17, 15) is 4.79 Å². The molecular weight excluding hydrogens is 432 g/mol. The normalized spacial score (nSPS) is 38.3. The third kappa shape index (κ3) is 4.36. The highest BCUT2D eigenvalue weighted by Gasteiger charge is 2.50. The number of hydrogen-bond acceptors (Lipinski definition) is 3. The zero-order valence-corrected chi connectivity index (χ0v) is 21.0. The molecule has 1 unspecified atom stereocenters. The second kappa shape index (κ2) is 8.03. The maximum Gasteiger partial charge on any atom is 0.346 e. The van der Waals surface area contributed by atoms with Crippen LogP contribution in [0.1, 0.15) is 65.7 Å². The fourth-order valence-corrected chi connectivity index (χ4v) is 8.13. The summed E-state index contributed by atoms with van der Waals surface area (Å²) in [6.45, 7) is 13.1. The highest BCUT2D eigenvalue weighted by Crippen LogP contribution is 2.60. The van der Waals surface area contributed by atoms with Crippen LogP contribution in [0.3, 0.4) is 0 Å². The van der Waals surface area contributed by atoms with Crippen LogP contribution in [-0.2, 0) is 14.0 Å². The molecule has 0 spiro atoms. The Bertz CT molecular complexity index is 680. The predicted octanol–water partition coefficient (Wildman–Crippen LogP) is 6.95. The van der Waals surface area contributed by atoms with E-state index in [-0.39, 0.29) is 5.97 Å². The molecule has 5 heteroatoms. The number of allylic oxidation sites excluding steroid dienone is 2. The van der Waals surface area contributed by atoms with Crippen LogP contribution in [-0.4, -0.2) is 19.9 Å². The van der Waals surface area contributed by atoms with Crippen LogP contribution in [0, 0.1) is 23.2 Å². The van der Waals surface area contributed by atoms with E-state index in [4.69, 9.17) is 9.16 Å². The first-order chi connectivity index (χ1) is 13.0. The van der Waals surface area contributed by atoms with Crippen molar-refractivity contribution in [3.05, 3.63) is 22.4 Å². The lowest BCUT2D eigenvalue weighted by Crippen LogP contribution is -2.43. The zero-order chi connectivity index (χ0) is 20.7. The summed E-state index contributed by atoms with van der Waals surface area (Å²) >= 11 is 3.61. The van der Waals surface area contributed by atoms with Crippen molar-refractivity contribution < 1.29 is 14.0 Å². The van der Waals surface area contributed by atoms with Gasteiger partial charge in [0.05, 0.1) is 0 Å². The molecule has 2 saturated carbocycles. The lowest BCUT2D eigenvalue weighted by molar-refractivity contribution is -0.149. The van der Waals surface area contributed by atoms with E-state index >= 15 is 0 Å². The molecule has 3 nitrogen and oxygen atoms in total. The molecular formula is C23H37BrO3Si. The molecule has 2 fully saturated rings. The van der Waals surface area contributed by atoms with Gasteiger partial charge in [0.25, 0.3) is 0 Å². The lowest BCUT2D eigenvalue weighted by Gasteiger charge is -2.44. The number of rotatable bonds is 6. The summed E-state index contributed by atoms with van der Waals surface area (Å²) in [7, 11) is -1.83. The van der Waals surface area contributed by atoms with E-state index in [1.54, 1.807) is 5.57 Å². The summed E-state index contributed by atoms with van der Waals surface area (Å²) in [6.07, 6.45) is 10.4. The quantitative estimate of drug-likeness (QED) is 0.312. The molecule has 5 atom stereocenters. The Kier molecular flexibility index (Phi) is 6.40. The van der Waals surface area contributed by atoms with Crippen LogP contribution in [0.2, 0.25) is 19.6 Å².